The third-order valence-electron chi connectivity index (χ3n) is 1.87. The van der Waals surface area contributed by atoms with Crippen molar-refractivity contribution in [3.63, 3.8) is 0 Å². The Labute approximate surface area is 93.3 Å². The van der Waals surface area contributed by atoms with Crippen LogP contribution in [0.2, 0.25) is 0 Å². The van der Waals surface area contributed by atoms with E-state index in [9.17, 15) is 4.79 Å². The third kappa shape index (κ3) is 4.44. The highest BCUT2D eigenvalue weighted by molar-refractivity contribution is 5.64. The molecule has 0 saturated heterocycles. The Balaban J connectivity index is 2.22. The first kappa shape index (κ1) is 12.0. The lowest BCUT2D eigenvalue weighted by molar-refractivity contribution is 0.120. The van der Waals surface area contributed by atoms with Crippen molar-refractivity contribution in [2.45, 2.75) is 6.61 Å². The van der Waals surface area contributed by atoms with Crippen molar-refractivity contribution < 1.29 is 14.6 Å². The Hall–Kier alpha value is -2.06. The van der Waals surface area contributed by atoms with Crippen molar-refractivity contribution in [2.24, 2.45) is 0 Å². The molecular formula is C11H12N2O3. The van der Waals surface area contributed by atoms with Crippen LogP contribution >= 0.6 is 0 Å². The van der Waals surface area contributed by atoms with Crippen molar-refractivity contribution in [3.8, 4) is 6.07 Å². The Kier molecular flexibility index (Phi) is 4.83. The van der Waals surface area contributed by atoms with E-state index in [1.54, 1.807) is 12.1 Å². The molecule has 1 aromatic carbocycles. The first-order valence-corrected chi connectivity index (χ1v) is 4.76. The molecule has 84 valence electrons. The highest BCUT2D eigenvalue weighted by Crippen LogP contribution is 2.04. The molecule has 0 bridgehead atoms. The largest absolute Gasteiger partial charge is 0.465 e. The van der Waals surface area contributed by atoms with E-state index in [2.05, 4.69) is 5.32 Å². The number of hydrogen-bond donors (Lipinski definition) is 2. The van der Waals surface area contributed by atoms with Crippen LogP contribution < -0.4 is 5.32 Å². The Morgan fingerprint density at radius 1 is 1.44 bits per heavy atom. The molecule has 1 aromatic rings. The lowest BCUT2D eigenvalue weighted by atomic mass is 10.2. The number of amides is 1. The van der Waals surface area contributed by atoms with E-state index in [0.29, 0.717) is 18.8 Å². The predicted octanol–water partition coefficient (Wildman–Crippen LogP) is 1.34. The molecule has 0 atom stereocenters. The highest BCUT2D eigenvalue weighted by atomic mass is 16.5. The maximum absolute atomic E-state index is 10.1. The fourth-order valence-corrected chi connectivity index (χ4v) is 1.10. The van der Waals surface area contributed by atoms with E-state index in [1.165, 1.54) is 0 Å². The van der Waals surface area contributed by atoms with E-state index in [-0.39, 0.29) is 6.54 Å². The number of hydrogen-bond acceptors (Lipinski definition) is 3. The van der Waals surface area contributed by atoms with Gasteiger partial charge in [-0.25, -0.2) is 4.79 Å². The summed E-state index contributed by atoms with van der Waals surface area (Å²) in [5.74, 6) is 0. The van der Waals surface area contributed by atoms with Gasteiger partial charge in [0.25, 0.3) is 0 Å². The molecular weight excluding hydrogens is 208 g/mol. The summed E-state index contributed by atoms with van der Waals surface area (Å²) >= 11 is 0. The van der Waals surface area contributed by atoms with Gasteiger partial charge < -0.3 is 15.2 Å². The van der Waals surface area contributed by atoms with E-state index < -0.39 is 6.09 Å². The quantitative estimate of drug-likeness (QED) is 0.733. The van der Waals surface area contributed by atoms with Crippen molar-refractivity contribution >= 4 is 6.09 Å². The molecule has 0 aliphatic heterocycles. The van der Waals surface area contributed by atoms with Crippen LogP contribution in [0.5, 0.6) is 0 Å². The number of nitriles is 1. The highest BCUT2D eigenvalue weighted by Gasteiger charge is 1.96. The molecule has 5 heteroatoms. The lowest BCUT2D eigenvalue weighted by Gasteiger charge is -2.04. The monoisotopic (exact) mass is 220 g/mol. The smallest absolute Gasteiger partial charge is 0.404 e. The van der Waals surface area contributed by atoms with Crippen molar-refractivity contribution in [1.29, 1.82) is 5.26 Å². The second-order valence-corrected chi connectivity index (χ2v) is 3.09. The van der Waals surface area contributed by atoms with E-state index >= 15 is 0 Å². The zero-order chi connectivity index (χ0) is 11.8. The number of carbonyl (C=O) groups is 1. The topological polar surface area (TPSA) is 82.3 Å². The van der Waals surface area contributed by atoms with E-state index in [4.69, 9.17) is 15.1 Å². The molecule has 0 fully saturated rings. The van der Waals surface area contributed by atoms with E-state index in [1.807, 2.05) is 18.2 Å². The number of nitrogens with zero attached hydrogens (tertiary/aromatic N) is 1. The van der Waals surface area contributed by atoms with Crippen molar-refractivity contribution in [2.75, 3.05) is 13.2 Å². The zero-order valence-corrected chi connectivity index (χ0v) is 8.64. The molecule has 0 aromatic heterocycles. The van der Waals surface area contributed by atoms with Crippen LogP contribution in [0.15, 0.2) is 24.3 Å². The molecule has 0 aliphatic rings. The van der Waals surface area contributed by atoms with Crippen LogP contribution in [0.25, 0.3) is 0 Å². The van der Waals surface area contributed by atoms with Crippen molar-refractivity contribution in [3.05, 3.63) is 35.4 Å². The molecule has 16 heavy (non-hydrogen) atoms. The van der Waals surface area contributed by atoms with Gasteiger partial charge in [-0.1, -0.05) is 12.1 Å². The van der Waals surface area contributed by atoms with Gasteiger partial charge in [0.15, 0.2) is 0 Å². The molecule has 1 rings (SSSR count). The number of ether oxygens (including phenoxy) is 1. The predicted molar refractivity (Wildman–Crippen MR) is 56.8 cm³/mol. The third-order valence-corrected chi connectivity index (χ3v) is 1.87. The number of benzene rings is 1. The van der Waals surface area contributed by atoms with Gasteiger partial charge in [-0.2, -0.15) is 5.26 Å². The second-order valence-electron chi connectivity index (χ2n) is 3.09. The average molecular weight is 220 g/mol. The molecule has 0 aliphatic carbocycles. The minimum absolute atomic E-state index is 0.269. The fourth-order valence-electron chi connectivity index (χ4n) is 1.10. The molecule has 0 saturated carbocycles. The maximum Gasteiger partial charge on any atom is 0.404 e. The second kappa shape index (κ2) is 6.43. The minimum atomic E-state index is -1.05. The SMILES string of the molecule is N#Cc1ccc(COCCNC(=O)O)cc1. The summed E-state index contributed by atoms with van der Waals surface area (Å²) in [5, 5.41) is 19.1. The van der Waals surface area contributed by atoms with Crippen LogP contribution in [-0.2, 0) is 11.3 Å². The zero-order valence-electron chi connectivity index (χ0n) is 8.64. The van der Waals surface area contributed by atoms with Crippen LogP contribution in [0.1, 0.15) is 11.1 Å². The van der Waals surface area contributed by atoms with Crippen LogP contribution in [0.3, 0.4) is 0 Å². The fraction of sp³-hybridized carbons (Fsp3) is 0.273. The Morgan fingerprint density at radius 3 is 2.69 bits per heavy atom. The summed E-state index contributed by atoms with van der Waals surface area (Å²) in [6.45, 7) is 1.00. The summed E-state index contributed by atoms with van der Waals surface area (Å²) in [6, 6.07) is 9.08. The standard InChI is InChI=1S/C11H12N2O3/c12-7-9-1-3-10(4-2-9)8-16-6-5-13-11(14)15/h1-4,13H,5-6,8H2,(H,14,15). The molecule has 0 heterocycles. The summed E-state index contributed by atoms with van der Waals surface area (Å²) in [7, 11) is 0. The maximum atomic E-state index is 10.1. The molecule has 0 spiro atoms. The normalized spacial score (nSPS) is 9.44. The van der Waals surface area contributed by atoms with E-state index in [0.717, 1.165) is 5.56 Å². The summed E-state index contributed by atoms with van der Waals surface area (Å²) in [4.78, 5) is 10.1. The van der Waals surface area contributed by atoms with Gasteiger partial charge in [-0.15, -0.1) is 0 Å². The first-order chi connectivity index (χ1) is 7.72. The molecule has 0 radical (unpaired) electrons. The molecule has 1 amide bonds. The number of nitrogens with one attached hydrogen (secondary N) is 1. The minimum Gasteiger partial charge on any atom is -0.465 e. The van der Waals surface area contributed by atoms with Gasteiger partial charge in [0.05, 0.1) is 24.8 Å². The van der Waals surface area contributed by atoms with Gasteiger partial charge >= 0.3 is 6.09 Å². The molecule has 2 N–H and O–H groups in total. The summed E-state index contributed by atoms with van der Waals surface area (Å²) in [5.41, 5.74) is 1.56. The summed E-state index contributed by atoms with van der Waals surface area (Å²) in [6.07, 6.45) is -1.05. The van der Waals surface area contributed by atoms with Crippen molar-refractivity contribution in [1.82, 2.24) is 5.32 Å². The molecule has 0 unspecified atom stereocenters. The summed E-state index contributed by atoms with van der Waals surface area (Å²) < 4.78 is 5.23. The van der Waals surface area contributed by atoms with Crippen LogP contribution in [0, 0.1) is 11.3 Å². The lowest BCUT2D eigenvalue weighted by Crippen LogP contribution is -2.25. The van der Waals surface area contributed by atoms with Gasteiger partial charge in [0.1, 0.15) is 0 Å². The Bertz CT molecular complexity index is 381. The van der Waals surface area contributed by atoms with Gasteiger partial charge in [0, 0.05) is 6.54 Å². The Morgan fingerprint density at radius 2 is 2.12 bits per heavy atom. The average Bonchev–Trinajstić information content (AvgIpc) is 2.29. The van der Waals surface area contributed by atoms with Gasteiger partial charge in [-0.3, -0.25) is 0 Å². The van der Waals surface area contributed by atoms with Gasteiger partial charge in [0.2, 0.25) is 0 Å². The van der Waals surface area contributed by atoms with Crippen LogP contribution in [-0.4, -0.2) is 24.4 Å². The van der Waals surface area contributed by atoms with Gasteiger partial charge in [-0.05, 0) is 17.7 Å². The molecule has 5 nitrogen and oxygen atoms in total. The van der Waals surface area contributed by atoms with Crippen LogP contribution in [0.4, 0.5) is 4.79 Å². The number of carboxylic acid groups (broad SMARTS) is 1. The number of rotatable bonds is 5. The first-order valence-electron chi connectivity index (χ1n) is 4.76.